The van der Waals surface area contributed by atoms with Crippen LogP contribution in [0.25, 0.3) is 0 Å². The van der Waals surface area contributed by atoms with Crippen LogP contribution in [0.4, 0.5) is 14.5 Å². The Morgan fingerprint density at radius 2 is 1.83 bits per heavy atom. The summed E-state index contributed by atoms with van der Waals surface area (Å²) in [6, 6.07) is 8.07. The molecule has 8 heteroatoms. The topological polar surface area (TPSA) is 84.0 Å². The molecule has 2 aromatic carbocycles. The summed E-state index contributed by atoms with van der Waals surface area (Å²) in [5.74, 6) is -2.01. The van der Waals surface area contributed by atoms with Crippen LogP contribution in [0.3, 0.4) is 0 Å². The van der Waals surface area contributed by atoms with Crippen molar-refractivity contribution in [2.24, 2.45) is 0 Å². The number of nitrogens with zero attached hydrogens (tertiary/aromatic N) is 2. The molecule has 1 heterocycles. The van der Waals surface area contributed by atoms with Gasteiger partial charge < -0.3 is 10.6 Å². The molecule has 4 rings (SSSR count). The number of aromatic nitrogens is 2. The van der Waals surface area contributed by atoms with Crippen molar-refractivity contribution in [1.82, 2.24) is 15.3 Å². The van der Waals surface area contributed by atoms with Crippen LogP contribution in [0.15, 0.2) is 55.0 Å². The van der Waals surface area contributed by atoms with Crippen LogP contribution >= 0.6 is 0 Å². The van der Waals surface area contributed by atoms with E-state index in [0.717, 1.165) is 23.8 Å². The standard InChI is InChI=1S/C22H18F2N4O2/c1-13-2-3-14(10-18(13)27-21(30)19-12-25-8-9-26-19)20(29)28-22(6-7-22)16-11-15(23)4-5-17(16)24/h2-5,8-12H,6-7H2,1H3,(H,27,30)(H,28,29). The summed E-state index contributed by atoms with van der Waals surface area (Å²) in [5.41, 5.74) is 0.848. The minimum atomic E-state index is -0.919. The lowest BCUT2D eigenvalue weighted by atomic mass is 10.0. The van der Waals surface area contributed by atoms with Crippen molar-refractivity contribution in [2.45, 2.75) is 25.3 Å². The van der Waals surface area contributed by atoms with E-state index in [0.29, 0.717) is 18.5 Å². The molecule has 2 N–H and O–H groups in total. The number of benzene rings is 2. The third kappa shape index (κ3) is 3.89. The van der Waals surface area contributed by atoms with Crippen molar-refractivity contribution in [1.29, 1.82) is 0 Å². The molecule has 0 unspecified atom stereocenters. The molecule has 0 aliphatic heterocycles. The van der Waals surface area contributed by atoms with Gasteiger partial charge in [0.25, 0.3) is 11.8 Å². The normalized spacial score (nSPS) is 14.1. The molecule has 1 aliphatic rings. The van der Waals surface area contributed by atoms with Gasteiger partial charge in [0.1, 0.15) is 17.3 Å². The first-order valence-electron chi connectivity index (χ1n) is 9.34. The highest BCUT2D eigenvalue weighted by Gasteiger charge is 2.47. The Hall–Kier alpha value is -3.68. The summed E-state index contributed by atoms with van der Waals surface area (Å²) >= 11 is 0. The zero-order valence-electron chi connectivity index (χ0n) is 16.1. The van der Waals surface area contributed by atoms with Crippen LogP contribution in [0.2, 0.25) is 0 Å². The Labute approximate surface area is 171 Å². The van der Waals surface area contributed by atoms with Crippen LogP contribution in [-0.4, -0.2) is 21.8 Å². The van der Waals surface area contributed by atoms with E-state index in [1.165, 1.54) is 24.7 Å². The Balaban J connectivity index is 1.54. The van der Waals surface area contributed by atoms with Gasteiger partial charge in [0.15, 0.2) is 0 Å². The molecule has 152 valence electrons. The minimum Gasteiger partial charge on any atom is -0.342 e. The maximum atomic E-state index is 14.2. The van der Waals surface area contributed by atoms with Gasteiger partial charge >= 0.3 is 0 Å². The van der Waals surface area contributed by atoms with Crippen molar-refractivity contribution < 1.29 is 18.4 Å². The van der Waals surface area contributed by atoms with E-state index in [9.17, 15) is 18.4 Å². The van der Waals surface area contributed by atoms with Crippen LogP contribution in [-0.2, 0) is 5.54 Å². The van der Waals surface area contributed by atoms with Gasteiger partial charge in [0.2, 0.25) is 0 Å². The van der Waals surface area contributed by atoms with Crippen molar-refractivity contribution in [3.05, 3.63) is 89.0 Å². The van der Waals surface area contributed by atoms with E-state index in [-0.39, 0.29) is 16.8 Å². The predicted octanol–water partition coefficient (Wildman–Crippen LogP) is 3.73. The first-order chi connectivity index (χ1) is 14.4. The fourth-order valence-electron chi connectivity index (χ4n) is 3.24. The van der Waals surface area contributed by atoms with Gasteiger partial charge in [0, 0.05) is 29.2 Å². The van der Waals surface area contributed by atoms with Crippen LogP contribution in [0.1, 0.15) is 44.8 Å². The lowest BCUT2D eigenvalue weighted by Gasteiger charge is -2.19. The Bertz CT molecular complexity index is 1130. The third-order valence-electron chi connectivity index (χ3n) is 5.09. The number of carbonyl (C=O) groups excluding carboxylic acids is 2. The monoisotopic (exact) mass is 408 g/mol. The van der Waals surface area contributed by atoms with Crippen molar-refractivity contribution in [2.75, 3.05) is 5.32 Å². The summed E-state index contributed by atoms with van der Waals surface area (Å²) in [5, 5.41) is 5.54. The number of halogens is 2. The van der Waals surface area contributed by atoms with E-state index < -0.39 is 29.0 Å². The first kappa shape index (κ1) is 19.6. The molecule has 1 fully saturated rings. The summed E-state index contributed by atoms with van der Waals surface area (Å²) in [6.07, 6.45) is 5.24. The van der Waals surface area contributed by atoms with E-state index in [1.54, 1.807) is 19.1 Å². The number of anilines is 1. The number of rotatable bonds is 5. The van der Waals surface area contributed by atoms with Crippen molar-refractivity contribution in [3.63, 3.8) is 0 Å². The molecule has 1 aliphatic carbocycles. The van der Waals surface area contributed by atoms with E-state index in [2.05, 4.69) is 20.6 Å². The zero-order chi connectivity index (χ0) is 21.3. The van der Waals surface area contributed by atoms with Crippen molar-refractivity contribution in [3.8, 4) is 0 Å². The molecule has 0 atom stereocenters. The number of amides is 2. The Kier molecular flexibility index (Phi) is 4.99. The largest absolute Gasteiger partial charge is 0.342 e. The summed E-state index contributed by atoms with van der Waals surface area (Å²) in [7, 11) is 0. The summed E-state index contributed by atoms with van der Waals surface area (Å²) in [4.78, 5) is 33.0. The fraction of sp³-hybridized carbons (Fsp3) is 0.182. The summed E-state index contributed by atoms with van der Waals surface area (Å²) in [6.45, 7) is 1.79. The second kappa shape index (κ2) is 7.62. The molecule has 3 aromatic rings. The van der Waals surface area contributed by atoms with E-state index in [4.69, 9.17) is 0 Å². The summed E-state index contributed by atoms with van der Waals surface area (Å²) < 4.78 is 27.8. The second-order valence-electron chi connectivity index (χ2n) is 7.23. The number of carbonyl (C=O) groups is 2. The molecule has 0 radical (unpaired) electrons. The van der Waals surface area contributed by atoms with Gasteiger partial charge in [0.05, 0.1) is 11.7 Å². The highest BCUT2D eigenvalue weighted by molar-refractivity contribution is 6.04. The van der Waals surface area contributed by atoms with Crippen LogP contribution < -0.4 is 10.6 Å². The third-order valence-corrected chi connectivity index (χ3v) is 5.09. The molecule has 2 amide bonds. The Morgan fingerprint density at radius 3 is 2.53 bits per heavy atom. The van der Waals surface area contributed by atoms with Crippen LogP contribution in [0, 0.1) is 18.6 Å². The Morgan fingerprint density at radius 1 is 1.03 bits per heavy atom. The number of hydrogen-bond donors (Lipinski definition) is 2. The number of aryl methyl sites for hydroxylation is 1. The average Bonchev–Trinajstić information content (AvgIpc) is 3.52. The molecule has 0 spiro atoms. The molecule has 1 saturated carbocycles. The molecular weight excluding hydrogens is 390 g/mol. The highest BCUT2D eigenvalue weighted by atomic mass is 19.1. The molecule has 6 nitrogen and oxygen atoms in total. The van der Waals surface area contributed by atoms with E-state index >= 15 is 0 Å². The number of nitrogens with one attached hydrogen (secondary N) is 2. The quantitative estimate of drug-likeness (QED) is 0.674. The SMILES string of the molecule is Cc1ccc(C(=O)NC2(c3cc(F)ccc3F)CC2)cc1NC(=O)c1cnccn1. The fourth-order valence-corrected chi connectivity index (χ4v) is 3.24. The van der Waals surface area contributed by atoms with Gasteiger partial charge in [-0.05, 0) is 55.7 Å². The lowest BCUT2D eigenvalue weighted by molar-refractivity contribution is 0.0928. The molecule has 0 bridgehead atoms. The smallest absolute Gasteiger partial charge is 0.275 e. The van der Waals surface area contributed by atoms with Gasteiger partial charge in [-0.15, -0.1) is 0 Å². The maximum absolute atomic E-state index is 14.2. The van der Waals surface area contributed by atoms with Crippen molar-refractivity contribution >= 4 is 17.5 Å². The van der Waals surface area contributed by atoms with Gasteiger partial charge in [-0.25, -0.2) is 13.8 Å². The molecule has 30 heavy (non-hydrogen) atoms. The van der Waals surface area contributed by atoms with Gasteiger partial charge in [-0.3, -0.25) is 14.6 Å². The second-order valence-corrected chi connectivity index (χ2v) is 7.23. The predicted molar refractivity (Wildman–Crippen MR) is 106 cm³/mol. The van der Waals surface area contributed by atoms with Gasteiger partial charge in [-0.2, -0.15) is 0 Å². The molecule has 0 saturated heterocycles. The maximum Gasteiger partial charge on any atom is 0.275 e. The molecule has 1 aromatic heterocycles. The van der Waals surface area contributed by atoms with Crippen LogP contribution in [0.5, 0.6) is 0 Å². The van der Waals surface area contributed by atoms with E-state index in [1.807, 2.05) is 0 Å². The minimum absolute atomic E-state index is 0.138. The highest BCUT2D eigenvalue weighted by Crippen LogP contribution is 2.46. The number of hydrogen-bond acceptors (Lipinski definition) is 4. The average molecular weight is 408 g/mol. The first-order valence-corrected chi connectivity index (χ1v) is 9.34. The zero-order valence-corrected chi connectivity index (χ0v) is 16.1. The lowest BCUT2D eigenvalue weighted by Crippen LogP contribution is -2.35. The molecular formula is C22H18F2N4O2. The van der Waals surface area contributed by atoms with Gasteiger partial charge in [-0.1, -0.05) is 6.07 Å².